The van der Waals surface area contributed by atoms with Gasteiger partial charge in [-0.25, -0.2) is 9.78 Å². The number of amides is 1. The maximum absolute atomic E-state index is 13.5. The highest BCUT2D eigenvalue weighted by Crippen LogP contribution is 2.46. The molecule has 3 aromatic carbocycles. The summed E-state index contributed by atoms with van der Waals surface area (Å²) in [5, 5.41) is 14.0. The molecule has 8 rings (SSSR count). The number of imidazole rings is 1. The van der Waals surface area contributed by atoms with Crippen LogP contribution in [0.4, 0.5) is 5.95 Å². The molecule has 0 unspecified atom stereocenters. The zero-order chi connectivity index (χ0) is 61.8. The first-order valence-corrected chi connectivity index (χ1v) is 27.7. The molecule has 2 saturated heterocycles. The van der Waals surface area contributed by atoms with Gasteiger partial charge in [-0.05, 0) is 47.9 Å². The molecule has 0 aliphatic carbocycles. The molecule has 86 heavy (non-hydrogen) atoms. The fraction of sp³-hybridized carbons (Fsp3) is 0.475. The first kappa shape index (κ1) is 63.9. The summed E-state index contributed by atoms with van der Waals surface area (Å²) in [6.45, 7) is 6.82. The number of aromatic nitrogens is 6. The SMILES string of the molecule is COC(=O)C[C@]1(COCCOCCOCCN2C[C@H](n3cc(C)c(=O)[nH]c3=O)O[C@](CO)(COC(c3ccccc3)(c3ccc(OC)cc3)c3ccc(OC)cc3)C2)O[C@@H](n2cnc3c(=O)[nH]c(NC(=O)C(C)C)nc32)[C@H](OC(C)=O)[C@@H]1OC(C)=O. The highest BCUT2D eigenvalue weighted by Gasteiger charge is 2.61. The second-order valence-electron chi connectivity index (χ2n) is 21.0. The number of hydrogen-bond acceptors (Lipinski definition) is 22. The van der Waals surface area contributed by atoms with Crippen molar-refractivity contribution in [1.82, 2.24) is 34.0 Å². The van der Waals surface area contributed by atoms with E-state index in [0.29, 0.717) is 18.0 Å². The van der Waals surface area contributed by atoms with Crippen LogP contribution < -0.4 is 31.6 Å². The molecule has 0 spiro atoms. The van der Waals surface area contributed by atoms with Gasteiger partial charge in [-0.1, -0.05) is 68.4 Å². The van der Waals surface area contributed by atoms with E-state index in [0.717, 1.165) is 37.6 Å². The first-order chi connectivity index (χ1) is 41.3. The van der Waals surface area contributed by atoms with Gasteiger partial charge in [-0.3, -0.25) is 58.1 Å². The number of aryl methyl sites for hydroxylation is 1. The number of H-pyrrole nitrogens is 2. The number of aromatic amines is 2. The van der Waals surface area contributed by atoms with Crippen molar-refractivity contribution in [3.05, 3.63) is 145 Å². The van der Waals surface area contributed by atoms with Gasteiger partial charge in [0.2, 0.25) is 11.9 Å². The lowest BCUT2D eigenvalue weighted by molar-refractivity contribution is -0.231. The molecule has 6 atom stereocenters. The van der Waals surface area contributed by atoms with E-state index in [9.17, 15) is 38.7 Å². The molecule has 2 fully saturated rings. The van der Waals surface area contributed by atoms with Gasteiger partial charge in [0, 0.05) is 51.2 Å². The molecular weight excluding hydrogens is 1120 g/mol. The summed E-state index contributed by atoms with van der Waals surface area (Å²) >= 11 is 0. The third-order valence-electron chi connectivity index (χ3n) is 14.6. The van der Waals surface area contributed by atoms with Crippen molar-refractivity contribution in [2.45, 2.75) is 82.5 Å². The van der Waals surface area contributed by atoms with E-state index < -0.39 is 108 Å². The Morgan fingerprint density at radius 2 is 1.40 bits per heavy atom. The number of fused-ring (bicyclic) bond motifs is 1. The normalized spacial score (nSPS) is 20.6. The molecule has 462 valence electrons. The van der Waals surface area contributed by atoms with E-state index in [4.69, 9.17) is 52.1 Å². The Hall–Kier alpha value is -8.15. The number of nitrogens with one attached hydrogen (secondary N) is 3. The fourth-order valence-corrected chi connectivity index (χ4v) is 10.3. The second-order valence-corrected chi connectivity index (χ2v) is 21.0. The number of rotatable bonds is 28. The zero-order valence-electron chi connectivity index (χ0n) is 49.1. The van der Waals surface area contributed by atoms with Crippen molar-refractivity contribution in [2.24, 2.45) is 5.92 Å². The quantitative estimate of drug-likeness (QED) is 0.0237. The number of benzene rings is 3. The van der Waals surface area contributed by atoms with Gasteiger partial charge in [-0.2, -0.15) is 4.98 Å². The van der Waals surface area contributed by atoms with E-state index in [1.54, 1.807) is 35.0 Å². The van der Waals surface area contributed by atoms with E-state index >= 15 is 0 Å². The summed E-state index contributed by atoms with van der Waals surface area (Å²) in [4.78, 5) is 106. The number of carbonyl (C=O) groups excluding carboxylic acids is 4. The third kappa shape index (κ3) is 14.6. The maximum Gasteiger partial charge on any atom is 0.330 e. The number of aliphatic hydroxyl groups excluding tert-OH is 1. The fourth-order valence-electron chi connectivity index (χ4n) is 10.3. The largest absolute Gasteiger partial charge is 0.497 e. The molecule has 0 radical (unpaired) electrons. The Kier molecular flexibility index (Phi) is 21.1. The van der Waals surface area contributed by atoms with Crippen LogP contribution in [-0.4, -0.2) is 180 Å². The molecule has 0 saturated carbocycles. The van der Waals surface area contributed by atoms with Crippen molar-refractivity contribution in [3.8, 4) is 11.5 Å². The number of hydrogen-bond donors (Lipinski definition) is 4. The van der Waals surface area contributed by atoms with E-state index in [1.807, 2.05) is 83.8 Å². The van der Waals surface area contributed by atoms with Crippen LogP contribution in [0.5, 0.6) is 11.5 Å². The lowest BCUT2D eigenvalue weighted by atomic mass is 9.79. The van der Waals surface area contributed by atoms with Crippen LogP contribution >= 0.6 is 0 Å². The third-order valence-corrected chi connectivity index (χ3v) is 14.6. The minimum atomic E-state index is -1.88. The highest BCUT2D eigenvalue weighted by molar-refractivity contribution is 5.91. The molecule has 27 nitrogen and oxygen atoms in total. The number of carbonyl (C=O) groups is 4. The first-order valence-electron chi connectivity index (χ1n) is 27.7. The average molecular weight is 1200 g/mol. The molecule has 27 heteroatoms. The molecule has 3 aromatic heterocycles. The maximum atomic E-state index is 13.5. The van der Waals surface area contributed by atoms with Crippen molar-refractivity contribution < 1.29 is 76.4 Å². The van der Waals surface area contributed by atoms with E-state index in [-0.39, 0.29) is 75.4 Å². The Balaban J connectivity index is 0.946. The highest BCUT2D eigenvalue weighted by atomic mass is 16.7. The minimum absolute atomic E-state index is 0.00541. The van der Waals surface area contributed by atoms with Crippen molar-refractivity contribution in [1.29, 1.82) is 0 Å². The van der Waals surface area contributed by atoms with Crippen LogP contribution in [0.3, 0.4) is 0 Å². The summed E-state index contributed by atoms with van der Waals surface area (Å²) in [5.41, 5.74) is -4.33. The van der Waals surface area contributed by atoms with Crippen LogP contribution in [0.25, 0.3) is 11.2 Å². The average Bonchev–Trinajstić information content (AvgIpc) is 2.32. The van der Waals surface area contributed by atoms with Crippen LogP contribution in [0.1, 0.15) is 68.8 Å². The Morgan fingerprint density at radius 1 is 0.779 bits per heavy atom. The monoisotopic (exact) mass is 1200 g/mol. The number of morpholine rings is 1. The van der Waals surface area contributed by atoms with Gasteiger partial charge in [0.05, 0.1) is 86.9 Å². The predicted molar refractivity (Wildman–Crippen MR) is 305 cm³/mol. The van der Waals surface area contributed by atoms with Gasteiger partial charge in [0.25, 0.3) is 11.1 Å². The Morgan fingerprint density at radius 3 is 1.99 bits per heavy atom. The van der Waals surface area contributed by atoms with Gasteiger partial charge < -0.3 is 57.2 Å². The molecule has 0 bridgehead atoms. The van der Waals surface area contributed by atoms with Crippen molar-refractivity contribution >= 4 is 40.9 Å². The van der Waals surface area contributed by atoms with Crippen molar-refractivity contribution in [2.75, 3.05) is 99.1 Å². The molecule has 2 aliphatic rings. The summed E-state index contributed by atoms with van der Waals surface area (Å²) in [7, 11) is 4.31. The Labute approximate surface area is 493 Å². The zero-order valence-corrected chi connectivity index (χ0v) is 49.1. The number of ether oxygens (including phenoxy) is 11. The second kappa shape index (κ2) is 28.4. The summed E-state index contributed by atoms with van der Waals surface area (Å²) in [5.74, 6) is -2.27. The summed E-state index contributed by atoms with van der Waals surface area (Å²) < 4.78 is 68.6. The smallest absolute Gasteiger partial charge is 0.330 e. The molecule has 5 heterocycles. The Bertz CT molecular complexity index is 3430. The van der Waals surface area contributed by atoms with Crippen LogP contribution in [-0.2, 0) is 67.4 Å². The van der Waals surface area contributed by atoms with Gasteiger partial charge in [0.15, 0.2) is 35.8 Å². The minimum Gasteiger partial charge on any atom is -0.497 e. The van der Waals surface area contributed by atoms with Crippen LogP contribution in [0, 0.1) is 12.8 Å². The van der Waals surface area contributed by atoms with E-state index in [2.05, 4.69) is 25.3 Å². The molecule has 2 aliphatic heterocycles. The summed E-state index contributed by atoms with van der Waals surface area (Å²) in [6.07, 6.45) is -3.35. The molecular formula is C59H72N8O19. The van der Waals surface area contributed by atoms with Crippen LogP contribution in [0.2, 0.25) is 0 Å². The number of esters is 3. The number of methoxy groups -OCH3 is 3. The van der Waals surface area contributed by atoms with Gasteiger partial charge in [-0.15, -0.1) is 0 Å². The molecule has 6 aromatic rings. The molecule has 4 N–H and O–H groups in total. The lowest BCUT2D eigenvalue weighted by Gasteiger charge is -2.47. The van der Waals surface area contributed by atoms with Crippen molar-refractivity contribution in [3.63, 3.8) is 0 Å². The van der Waals surface area contributed by atoms with Gasteiger partial charge >= 0.3 is 23.6 Å². The number of nitrogens with zero attached hydrogens (tertiary/aromatic N) is 5. The number of anilines is 1. The molecule has 1 amide bonds. The lowest BCUT2D eigenvalue weighted by Crippen LogP contribution is -2.60. The van der Waals surface area contributed by atoms with E-state index in [1.165, 1.54) is 21.7 Å². The topological polar surface area (TPSA) is 324 Å². The van der Waals surface area contributed by atoms with Gasteiger partial charge in [0.1, 0.15) is 28.3 Å². The number of aliphatic hydroxyl groups is 1. The predicted octanol–water partition coefficient (Wildman–Crippen LogP) is 2.90. The standard InChI is InChI=1S/C59H72N8O19/c1-36(2)51(72)62-55-61-50-47(53(74)63-55)60-35-67(50)54-48(83-38(4)69)49(84-39(5)70)58(86-54,28-46(71)78-8)34-81-27-26-80-25-24-79-23-22-65-30-45(66-29-37(3)52(73)64-56(66)75)85-57(31-65,32-68)33-82-59(40-12-10-9-11-13-40,41-14-18-43(76-6)19-15-41)42-16-20-44(77-7)21-17-42/h9-21,29,35-36,45,48-49,54,68H,22-28,30-34H2,1-8H3,(H,64,73,75)(H2,61,62,63,72,74)/t45-,48-,49+,54-,57-,58-/m1/s1. The van der Waals surface area contributed by atoms with Crippen LogP contribution in [0.15, 0.2) is 106 Å². The summed E-state index contributed by atoms with van der Waals surface area (Å²) in [6, 6.07) is 24.6.